The number of rotatable bonds is 8. The average molecular weight is 472 g/mol. The van der Waals surface area contributed by atoms with E-state index in [1.165, 1.54) is 21.9 Å². The Morgan fingerprint density at radius 3 is 2.17 bits per heavy atom. The molecule has 0 aliphatic carbocycles. The van der Waals surface area contributed by atoms with E-state index >= 15 is 0 Å². The molecular formula is C31H41N3O. The van der Waals surface area contributed by atoms with Gasteiger partial charge in [-0.3, -0.25) is 4.79 Å². The van der Waals surface area contributed by atoms with Gasteiger partial charge in [0.25, 0.3) is 5.91 Å². The summed E-state index contributed by atoms with van der Waals surface area (Å²) in [5.41, 5.74) is 4.59. The highest BCUT2D eigenvalue weighted by molar-refractivity contribution is 6.00. The molecule has 4 heteroatoms. The van der Waals surface area contributed by atoms with Crippen LogP contribution >= 0.6 is 0 Å². The number of nitrogens with one attached hydrogen (secondary N) is 3. The molecule has 0 aliphatic heterocycles. The van der Waals surface area contributed by atoms with Gasteiger partial charge in [-0.25, -0.2) is 0 Å². The second-order valence-electron chi connectivity index (χ2n) is 11.6. The molecule has 186 valence electrons. The van der Waals surface area contributed by atoms with Crippen molar-refractivity contribution < 1.29 is 4.79 Å². The minimum atomic E-state index is -0.284. The third-order valence-corrected chi connectivity index (χ3v) is 5.71. The van der Waals surface area contributed by atoms with Gasteiger partial charge in [0.05, 0.1) is 5.56 Å². The summed E-state index contributed by atoms with van der Waals surface area (Å²) in [4.78, 5) is 12.8. The van der Waals surface area contributed by atoms with Crippen LogP contribution in [0.3, 0.4) is 0 Å². The molecule has 0 heterocycles. The fourth-order valence-corrected chi connectivity index (χ4v) is 4.33. The van der Waals surface area contributed by atoms with Gasteiger partial charge in [0.15, 0.2) is 0 Å². The standard InChI is InChI=1S/C31H41N3O/c1-21(20-32-27-16-12-11-15-26(27)29(35)34-31(6,7)8)19-24-18-17-23-13-9-10-14-25(23)28(24)22(2)33-30(3,4)5/h9-18,21,32-33H,2,19-20H2,1,3-8H3,(H,34,35). The lowest BCUT2D eigenvalue weighted by Gasteiger charge is -2.27. The first-order chi connectivity index (χ1) is 16.3. The molecule has 1 atom stereocenters. The highest BCUT2D eigenvalue weighted by Gasteiger charge is 2.19. The summed E-state index contributed by atoms with van der Waals surface area (Å²) < 4.78 is 0. The third kappa shape index (κ3) is 7.35. The zero-order chi connectivity index (χ0) is 25.8. The fraction of sp³-hybridized carbons (Fsp3) is 0.387. The largest absolute Gasteiger partial charge is 0.384 e. The van der Waals surface area contributed by atoms with E-state index in [4.69, 9.17) is 0 Å². The van der Waals surface area contributed by atoms with Gasteiger partial charge in [0, 0.05) is 34.6 Å². The van der Waals surface area contributed by atoms with Crippen molar-refractivity contribution >= 4 is 28.1 Å². The highest BCUT2D eigenvalue weighted by atomic mass is 16.1. The minimum Gasteiger partial charge on any atom is -0.384 e. The maximum Gasteiger partial charge on any atom is 0.253 e. The number of hydrogen-bond donors (Lipinski definition) is 3. The monoisotopic (exact) mass is 471 g/mol. The number of para-hydroxylation sites is 1. The predicted octanol–water partition coefficient (Wildman–Crippen LogP) is 7.02. The Hall–Kier alpha value is -3.27. The Labute approximate surface area is 211 Å². The second kappa shape index (κ2) is 10.6. The van der Waals surface area contributed by atoms with Crippen LogP contribution in [0.15, 0.2) is 67.2 Å². The number of carbonyl (C=O) groups is 1. The van der Waals surface area contributed by atoms with Crippen molar-refractivity contribution in [1.82, 2.24) is 10.6 Å². The molecule has 3 aromatic carbocycles. The first kappa shape index (κ1) is 26.3. The van der Waals surface area contributed by atoms with Crippen LogP contribution in [0.2, 0.25) is 0 Å². The summed E-state index contributed by atoms with van der Waals surface area (Å²) in [6, 6.07) is 20.6. The van der Waals surface area contributed by atoms with Crippen LogP contribution in [0.1, 0.15) is 70.0 Å². The van der Waals surface area contributed by atoms with Gasteiger partial charge in [0.1, 0.15) is 0 Å². The van der Waals surface area contributed by atoms with Crippen LogP contribution in [-0.2, 0) is 6.42 Å². The molecule has 3 aromatic rings. The summed E-state index contributed by atoms with van der Waals surface area (Å²) >= 11 is 0. The van der Waals surface area contributed by atoms with Crippen molar-refractivity contribution in [3.05, 3.63) is 83.9 Å². The fourth-order valence-electron chi connectivity index (χ4n) is 4.33. The lowest BCUT2D eigenvalue weighted by molar-refractivity contribution is 0.0920. The summed E-state index contributed by atoms with van der Waals surface area (Å²) in [6.45, 7) is 19.9. The summed E-state index contributed by atoms with van der Waals surface area (Å²) in [6.07, 6.45) is 0.897. The molecule has 1 unspecified atom stereocenters. The maximum absolute atomic E-state index is 12.8. The predicted molar refractivity (Wildman–Crippen MR) is 151 cm³/mol. The molecule has 0 saturated carbocycles. The molecule has 0 aliphatic rings. The van der Waals surface area contributed by atoms with Gasteiger partial charge < -0.3 is 16.0 Å². The molecule has 0 saturated heterocycles. The van der Waals surface area contributed by atoms with Gasteiger partial charge in [-0.1, -0.05) is 62.0 Å². The van der Waals surface area contributed by atoms with Gasteiger partial charge in [-0.15, -0.1) is 0 Å². The van der Waals surface area contributed by atoms with Crippen molar-refractivity contribution in [2.45, 2.75) is 66.0 Å². The van der Waals surface area contributed by atoms with Crippen LogP contribution < -0.4 is 16.0 Å². The quantitative estimate of drug-likeness (QED) is 0.331. The van der Waals surface area contributed by atoms with Crippen molar-refractivity contribution in [2.24, 2.45) is 5.92 Å². The minimum absolute atomic E-state index is 0.0605. The Balaban J connectivity index is 1.80. The Morgan fingerprint density at radius 1 is 0.857 bits per heavy atom. The highest BCUT2D eigenvalue weighted by Crippen LogP contribution is 2.30. The van der Waals surface area contributed by atoms with Crippen molar-refractivity contribution in [3.8, 4) is 0 Å². The summed E-state index contributed by atoms with van der Waals surface area (Å²) in [5.74, 6) is 0.283. The molecule has 0 radical (unpaired) electrons. The molecule has 1 amide bonds. The molecule has 0 bridgehead atoms. The van der Waals surface area contributed by atoms with Gasteiger partial charge in [-0.05, 0) is 82.3 Å². The lowest BCUT2D eigenvalue weighted by atomic mass is 9.90. The number of anilines is 1. The van der Waals surface area contributed by atoms with E-state index in [1.807, 2.05) is 45.0 Å². The normalized spacial score (nSPS) is 12.8. The van der Waals surface area contributed by atoms with E-state index in [1.54, 1.807) is 0 Å². The molecule has 0 spiro atoms. The third-order valence-electron chi connectivity index (χ3n) is 5.71. The van der Waals surface area contributed by atoms with Crippen molar-refractivity contribution in [2.75, 3.05) is 11.9 Å². The molecule has 4 nitrogen and oxygen atoms in total. The smallest absolute Gasteiger partial charge is 0.253 e. The molecule has 0 fully saturated rings. The zero-order valence-electron chi connectivity index (χ0n) is 22.4. The molecule has 3 rings (SSSR count). The van der Waals surface area contributed by atoms with Crippen LogP contribution in [0.4, 0.5) is 5.69 Å². The Morgan fingerprint density at radius 2 is 1.49 bits per heavy atom. The zero-order valence-corrected chi connectivity index (χ0v) is 22.4. The summed E-state index contributed by atoms with van der Waals surface area (Å²) in [5, 5.41) is 12.6. The number of amides is 1. The van der Waals surface area contributed by atoms with Gasteiger partial charge >= 0.3 is 0 Å². The van der Waals surface area contributed by atoms with Crippen molar-refractivity contribution in [1.29, 1.82) is 0 Å². The topological polar surface area (TPSA) is 53.2 Å². The SMILES string of the molecule is C=C(NC(C)(C)C)c1c(CC(C)CNc2ccccc2C(=O)NC(C)(C)C)ccc2ccccc12. The van der Waals surface area contributed by atoms with E-state index in [0.717, 1.165) is 24.4 Å². The van der Waals surface area contributed by atoms with Gasteiger partial charge in [0.2, 0.25) is 0 Å². The molecular weight excluding hydrogens is 430 g/mol. The molecule has 0 aromatic heterocycles. The van der Waals surface area contributed by atoms with E-state index < -0.39 is 0 Å². The van der Waals surface area contributed by atoms with E-state index in [0.29, 0.717) is 11.5 Å². The second-order valence-corrected chi connectivity index (χ2v) is 11.6. The van der Waals surface area contributed by atoms with E-state index in [2.05, 4.69) is 86.6 Å². The number of carbonyl (C=O) groups excluding carboxylic acids is 1. The Bertz CT molecular complexity index is 1200. The molecule has 35 heavy (non-hydrogen) atoms. The van der Waals surface area contributed by atoms with Crippen LogP contribution in [0.5, 0.6) is 0 Å². The number of hydrogen-bond acceptors (Lipinski definition) is 3. The lowest BCUT2D eigenvalue weighted by Crippen LogP contribution is -2.40. The average Bonchev–Trinajstić information content (AvgIpc) is 2.75. The number of fused-ring (bicyclic) bond motifs is 1. The summed E-state index contributed by atoms with van der Waals surface area (Å²) in [7, 11) is 0. The Kier molecular flexibility index (Phi) is 7.94. The van der Waals surface area contributed by atoms with Gasteiger partial charge in [-0.2, -0.15) is 0 Å². The van der Waals surface area contributed by atoms with E-state index in [9.17, 15) is 4.79 Å². The molecule has 3 N–H and O–H groups in total. The van der Waals surface area contributed by atoms with E-state index in [-0.39, 0.29) is 17.0 Å². The van der Waals surface area contributed by atoms with Crippen LogP contribution in [0, 0.1) is 5.92 Å². The first-order valence-electron chi connectivity index (χ1n) is 12.5. The van der Waals surface area contributed by atoms with Crippen LogP contribution in [0.25, 0.3) is 16.5 Å². The maximum atomic E-state index is 12.8. The van der Waals surface area contributed by atoms with Crippen LogP contribution in [-0.4, -0.2) is 23.5 Å². The first-order valence-corrected chi connectivity index (χ1v) is 12.5. The number of benzene rings is 3. The van der Waals surface area contributed by atoms with Crippen molar-refractivity contribution in [3.63, 3.8) is 0 Å².